The first-order valence-electron chi connectivity index (χ1n) is 6.20. The second-order valence-electron chi connectivity index (χ2n) is 4.53. The van der Waals surface area contributed by atoms with Crippen LogP contribution < -0.4 is 5.73 Å². The number of nitrogen functional groups attached to an aromatic ring is 1. The van der Waals surface area contributed by atoms with Gasteiger partial charge in [-0.2, -0.15) is 0 Å². The molecule has 0 fully saturated rings. The Bertz CT molecular complexity index is 895. The maximum atomic E-state index is 6.07. The highest BCUT2D eigenvalue weighted by molar-refractivity contribution is 7.09. The number of aromatic nitrogens is 4. The molecule has 98 valence electrons. The van der Waals surface area contributed by atoms with E-state index >= 15 is 0 Å². The number of para-hydroxylation sites is 1. The maximum Gasteiger partial charge on any atom is 0.201 e. The van der Waals surface area contributed by atoms with Gasteiger partial charge in [-0.05, 0) is 6.07 Å². The van der Waals surface area contributed by atoms with Gasteiger partial charge in [0.1, 0.15) is 5.52 Å². The van der Waals surface area contributed by atoms with Crippen molar-refractivity contribution in [2.24, 2.45) is 0 Å². The van der Waals surface area contributed by atoms with Gasteiger partial charge in [0.2, 0.25) is 5.95 Å². The highest BCUT2D eigenvalue weighted by Gasteiger charge is 2.12. The summed E-state index contributed by atoms with van der Waals surface area (Å²) in [5.74, 6) is 0.506. The minimum atomic E-state index is 0.506. The molecule has 0 aliphatic heterocycles. The Hall–Kier alpha value is -2.47. The normalized spacial score (nSPS) is 11.4. The van der Waals surface area contributed by atoms with Crippen molar-refractivity contribution >= 4 is 39.2 Å². The number of nitrogens with zero attached hydrogens (tertiary/aromatic N) is 4. The van der Waals surface area contributed by atoms with Gasteiger partial charge in [0.15, 0.2) is 0 Å². The van der Waals surface area contributed by atoms with Crippen LogP contribution in [0, 0.1) is 0 Å². The van der Waals surface area contributed by atoms with Crippen molar-refractivity contribution < 1.29 is 0 Å². The van der Waals surface area contributed by atoms with Gasteiger partial charge in [0.05, 0.1) is 29.3 Å². The highest BCUT2D eigenvalue weighted by Crippen LogP contribution is 2.26. The third kappa shape index (κ3) is 1.65. The van der Waals surface area contributed by atoms with Crippen LogP contribution in [0.1, 0.15) is 4.88 Å². The number of nitrogens with two attached hydrogens (primary N) is 1. The molecule has 4 aromatic rings. The molecule has 0 unspecified atom stereocenters. The van der Waals surface area contributed by atoms with Crippen LogP contribution in [0.15, 0.2) is 42.2 Å². The topological polar surface area (TPSA) is 69.6 Å². The van der Waals surface area contributed by atoms with Gasteiger partial charge in [-0.1, -0.05) is 18.2 Å². The van der Waals surface area contributed by atoms with E-state index in [1.54, 1.807) is 17.5 Å². The zero-order chi connectivity index (χ0) is 13.5. The first-order valence-corrected chi connectivity index (χ1v) is 7.08. The first-order chi connectivity index (χ1) is 9.83. The lowest BCUT2D eigenvalue weighted by Gasteiger charge is -2.06. The quantitative estimate of drug-likeness (QED) is 0.613. The van der Waals surface area contributed by atoms with Crippen molar-refractivity contribution in [1.29, 1.82) is 0 Å². The number of fused-ring (bicyclic) bond motifs is 3. The maximum absolute atomic E-state index is 6.07. The predicted octanol–water partition coefficient (Wildman–Crippen LogP) is 2.67. The molecule has 0 saturated carbocycles. The van der Waals surface area contributed by atoms with E-state index in [0.29, 0.717) is 12.5 Å². The lowest BCUT2D eigenvalue weighted by atomic mass is 10.2. The second kappa shape index (κ2) is 4.28. The van der Waals surface area contributed by atoms with E-state index < -0.39 is 0 Å². The molecule has 5 nitrogen and oxygen atoms in total. The van der Waals surface area contributed by atoms with Crippen molar-refractivity contribution in [3.05, 3.63) is 47.0 Å². The van der Waals surface area contributed by atoms with Gasteiger partial charge in [0, 0.05) is 16.5 Å². The summed E-state index contributed by atoms with van der Waals surface area (Å²) in [6, 6.07) is 8.03. The summed E-state index contributed by atoms with van der Waals surface area (Å²) in [6.45, 7) is 0.682. The molecule has 2 N–H and O–H groups in total. The zero-order valence-corrected chi connectivity index (χ0v) is 11.3. The lowest BCUT2D eigenvalue weighted by molar-refractivity contribution is 0.852. The Labute approximate surface area is 118 Å². The standard InChI is InChI=1S/C14H11N5S/c15-14-18-12-6-17-11-4-2-1-3-10(11)13(12)19(14)7-9-5-16-8-20-9/h1-6,8H,7H2,(H2,15,18). The van der Waals surface area contributed by atoms with Crippen LogP contribution in [0.2, 0.25) is 0 Å². The van der Waals surface area contributed by atoms with Gasteiger partial charge in [0.25, 0.3) is 0 Å². The van der Waals surface area contributed by atoms with Crippen LogP contribution in [0.4, 0.5) is 5.95 Å². The van der Waals surface area contributed by atoms with Gasteiger partial charge in [-0.3, -0.25) is 9.97 Å². The van der Waals surface area contributed by atoms with Crippen LogP contribution in [-0.2, 0) is 6.54 Å². The number of benzene rings is 1. The fourth-order valence-corrected chi connectivity index (χ4v) is 3.00. The molecule has 0 bridgehead atoms. The third-order valence-electron chi connectivity index (χ3n) is 3.31. The van der Waals surface area contributed by atoms with Crippen molar-refractivity contribution in [1.82, 2.24) is 19.5 Å². The molecule has 3 aromatic heterocycles. The molecule has 6 heteroatoms. The number of hydrogen-bond acceptors (Lipinski definition) is 5. The van der Waals surface area contributed by atoms with E-state index in [1.807, 2.05) is 34.5 Å². The minimum absolute atomic E-state index is 0.506. The van der Waals surface area contributed by atoms with Crippen LogP contribution in [0.3, 0.4) is 0 Å². The van der Waals surface area contributed by atoms with E-state index in [2.05, 4.69) is 21.0 Å². The van der Waals surface area contributed by atoms with E-state index in [-0.39, 0.29) is 0 Å². The van der Waals surface area contributed by atoms with E-state index in [1.165, 1.54) is 0 Å². The smallest absolute Gasteiger partial charge is 0.201 e. The number of rotatable bonds is 2. The molecular formula is C14H11N5S. The molecule has 4 rings (SSSR count). The Morgan fingerprint density at radius 2 is 2.05 bits per heavy atom. The molecule has 0 radical (unpaired) electrons. The van der Waals surface area contributed by atoms with Crippen LogP contribution in [0.25, 0.3) is 21.9 Å². The van der Waals surface area contributed by atoms with E-state index in [9.17, 15) is 0 Å². The molecule has 0 saturated heterocycles. The SMILES string of the molecule is Nc1nc2cnc3ccccc3c2n1Cc1cncs1. The van der Waals surface area contributed by atoms with Crippen LogP contribution in [0.5, 0.6) is 0 Å². The Kier molecular flexibility index (Phi) is 2.43. The summed E-state index contributed by atoms with van der Waals surface area (Å²) in [7, 11) is 0. The molecule has 0 aliphatic rings. The largest absolute Gasteiger partial charge is 0.369 e. The average molecular weight is 281 g/mol. The van der Waals surface area contributed by atoms with Crippen LogP contribution in [-0.4, -0.2) is 19.5 Å². The van der Waals surface area contributed by atoms with E-state index in [0.717, 1.165) is 26.8 Å². The van der Waals surface area contributed by atoms with Gasteiger partial charge >= 0.3 is 0 Å². The van der Waals surface area contributed by atoms with Crippen molar-refractivity contribution in [3.8, 4) is 0 Å². The fraction of sp³-hybridized carbons (Fsp3) is 0.0714. The zero-order valence-electron chi connectivity index (χ0n) is 10.5. The lowest BCUT2D eigenvalue weighted by Crippen LogP contribution is -2.03. The molecule has 1 aromatic carbocycles. The summed E-state index contributed by atoms with van der Waals surface area (Å²) in [5, 5.41) is 1.07. The number of hydrogen-bond donors (Lipinski definition) is 1. The number of anilines is 1. The monoisotopic (exact) mass is 281 g/mol. The molecule has 0 atom stereocenters. The minimum Gasteiger partial charge on any atom is -0.369 e. The molecule has 20 heavy (non-hydrogen) atoms. The fourth-order valence-electron chi connectivity index (χ4n) is 2.42. The summed E-state index contributed by atoms with van der Waals surface area (Å²) in [4.78, 5) is 14.1. The number of thiazole rings is 1. The van der Waals surface area contributed by atoms with Crippen molar-refractivity contribution in [2.75, 3.05) is 5.73 Å². The molecule has 0 spiro atoms. The highest BCUT2D eigenvalue weighted by atomic mass is 32.1. The van der Waals surface area contributed by atoms with Gasteiger partial charge in [-0.15, -0.1) is 11.3 Å². The Morgan fingerprint density at radius 3 is 2.90 bits per heavy atom. The average Bonchev–Trinajstić information content (AvgIpc) is 3.08. The van der Waals surface area contributed by atoms with Gasteiger partial charge in [-0.25, -0.2) is 4.98 Å². The first kappa shape index (κ1) is 11.4. The molecule has 3 heterocycles. The Morgan fingerprint density at radius 1 is 1.15 bits per heavy atom. The third-order valence-corrected chi connectivity index (χ3v) is 4.07. The summed E-state index contributed by atoms with van der Waals surface area (Å²) < 4.78 is 2.02. The van der Waals surface area contributed by atoms with Gasteiger partial charge < -0.3 is 10.3 Å². The van der Waals surface area contributed by atoms with E-state index in [4.69, 9.17) is 5.73 Å². The summed E-state index contributed by atoms with van der Waals surface area (Å²) in [6.07, 6.45) is 3.64. The number of imidazole rings is 1. The van der Waals surface area contributed by atoms with Crippen molar-refractivity contribution in [2.45, 2.75) is 6.54 Å². The molecular weight excluding hydrogens is 270 g/mol. The van der Waals surface area contributed by atoms with Crippen molar-refractivity contribution in [3.63, 3.8) is 0 Å². The second-order valence-corrected chi connectivity index (χ2v) is 5.50. The summed E-state index contributed by atoms with van der Waals surface area (Å²) in [5.41, 5.74) is 10.7. The van der Waals surface area contributed by atoms with Crippen LogP contribution >= 0.6 is 11.3 Å². The molecule has 0 amide bonds. The number of pyridine rings is 1. The predicted molar refractivity (Wildman–Crippen MR) is 80.7 cm³/mol. The Balaban J connectivity index is 2.03. The summed E-state index contributed by atoms with van der Waals surface area (Å²) >= 11 is 1.61. The molecule has 0 aliphatic carbocycles.